The van der Waals surface area contributed by atoms with Crippen molar-refractivity contribution in [3.63, 3.8) is 0 Å². The molecule has 4 heterocycles. The first kappa shape index (κ1) is 27.3. The molecule has 3 aromatic rings. The highest BCUT2D eigenvalue weighted by Gasteiger charge is 2.37. The number of hydrogen-bond donors (Lipinski definition) is 1. The third-order valence-corrected chi connectivity index (χ3v) is 8.17. The second kappa shape index (κ2) is 10.5. The molecule has 1 unspecified atom stereocenters. The summed E-state index contributed by atoms with van der Waals surface area (Å²) in [5.41, 5.74) is 5.09. The van der Waals surface area contributed by atoms with Gasteiger partial charge in [0.25, 0.3) is 0 Å². The van der Waals surface area contributed by atoms with Crippen LogP contribution < -0.4 is 4.90 Å². The molecule has 41 heavy (non-hydrogen) atoms. The average Bonchev–Trinajstić information content (AvgIpc) is 3.65. The molecule has 9 nitrogen and oxygen atoms in total. The highest BCUT2D eigenvalue weighted by atomic mass is 19.1. The van der Waals surface area contributed by atoms with Gasteiger partial charge in [0, 0.05) is 62.8 Å². The van der Waals surface area contributed by atoms with Crippen LogP contribution in [-0.2, 0) is 35.6 Å². The number of carboxylic acid groups (broad SMARTS) is 1. The maximum absolute atomic E-state index is 15.4. The summed E-state index contributed by atoms with van der Waals surface area (Å²) >= 11 is 0. The third-order valence-electron chi connectivity index (χ3n) is 8.17. The first-order valence-electron chi connectivity index (χ1n) is 14.2. The molecule has 10 heteroatoms. The number of anilines is 1. The number of aliphatic carboxylic acids is 1. The van der Waals surface area contributed by atoms with E-state index in [-0.39, 0.29) is 18.5 Å². The quantitative estimate of drug-likeness (QED) is 0.477. The van der Waals surface area contributed by atoms with Crippen molar-refractivity contribution in [3.05, 3.63) is 71.1 Å². The minimum Gasteiger partial charge on any atom is -0.480 e. The van der Waals surface area contributed by atoms with E-state index in [1.54, 1.807) is 22.2 Å². The molecule has 2 aromatic carbocycles. The number of benzene rings is 2. The average molecular weight is 562 g/mol. The number of hydrogen-bond acceptors (Lipinski definition) is 6. The molecule has 0 bridgehead atoms. The first-order chi connectivity index (χ1) is 19.6. The molecule has 3 aliphatic rings. The zero-order chi connectivity index (χ0) is 28.9. The molecule has 1 aromatic heterocycles. The fourth-order valence-electron chi connectivity index (χ4n) is 6.16. The number of fused-ring (bicyclic) bond motifs is 2. The van der Waals surface area contributed by atoms with Crippen LogP contribution in [0.25, 0.3) is 11.1 Å². The Morgan fingerprint density at radius 3 is 2.41 bits per heavy atom. The summed E-state index contributed by atoms with van der Waals surface area (Å²) in [5.74, 6) is -1.28. The number of carboxylic acids is 1. The molecule has 216 valence electrons. The Labute approximate surface area is 239 Å². The van der Waals surface area contributed by atoms with E-state index in [0.717, 1.165) is 47.5 Å². The van der Waals surface area contributed by atoms with Crippen LogP contribution in [0.5, 0.6) is 0 Å². The summed E-state index contributed by atoms with van der Waals surface area (Å²) < 4.78 is 22.9. The minimum absolute atomic E-state index is 0.235. The first-order valence-corrected chi connectivity index (χ1v) is 14.2. The second-order valence-corrected chi connectivity index (χ2v) is 12.1. The number of aryl methyl sites for hydroxylation is 1. The lowest BCUT2D eigenvalue weighted by atomic mass is 9.99. The molecule has 3 aliphatic heterocycles. The van der Waals surface area contributed by atoms with Gasteiger partial charge in [0.2, 0.25) is 0 Å². The van der Waals surface area contributed by atoms with Crippen LogP contribution in [0.3, 0.4) is 0 Å². The van der Waals surface area contributed by atoms with E-state index < -0.39 is 17.6 Å². The number of rotatable bonds is 5. The zero-order valence-corrected chi connectivity index (χ0v) is 23.8. The van der Waals surface area contributed by atoms with Crippen molar-refractivity contribution in [2.45, 2.75) is 64.9 Å². The van der Waals surface area contributed by atoms with E-state index in [4.69, 9.17) is 4.74 Å². The number of piperazine rings is 1. The number of nitrogens with zero attached hydrogens (tertiary/aromatic N) is 5. The number of ether oxygens (including phenoxy) is 1. The van der Waals surface area contributed by atoms with Crippen molar-refractivity contribution in [1.82, 2.24) is 19.4 Å². The summed E-state index contributed by atoms with van der Waals surface area (Å²) in [5, 5.41) is 10.1. The van der Waals surface area contributed by atoms with E-state index in [9.17, 15) is 14.7 Å². The summed E-state index contributed by atoms with van der Waals surface area (Å²) in [6, 6.07) is 10.6. The van der Waals surface area contributed by atoms with Gasteiger partial charge in [0.15, 0.2) is 6.04 Å². The van der Waals surface area contributed by atoms with E-state index >= 15 is 4.39 Å². The van der Waals surface area contributed by atoms with Crippen molar-refractivity contribution in [1.29, 1.82) is 0 Å². The van der Waals surface area contributed by atoms with Crippen LogP contribution >= 0.6 is 0 Å². The maximum atomic E-state index is 15.4. The number of carbonyl (C=O) groups excluding carboxylic acids is 1. The summed E-state index contributed by atoms with van der Waals surface area (Å²) in [7, 11) is 0. The van der Waals surface area contributed by atoms with Gasteiger partial charge in [-0.2, -0.15) is 0 Å². The van der Waals surface area contributed by atoms with Gasteiger partial charge in [0.1, 0.15) is 11.4 Å². The van der Waals surface area contributed by atoms with Crippen molar-refractivity contribution in [2.75, 3.05) is 31.1 Å². The number of amides is 1. The van der Waals surface area contributed by atoms with Crippen LogP contribution in [0.1, 0.15) is 55.7 Å². The zero-order valence-electron chi connectivity index (χ0n) is 23.8. The van der Waals surface area contributed by atoms with Crippen molar-refractivity contribution >= 4 is 17.7 Å². The van der Waals surface area contributed by atoms with E-state index in [1.807, 2.05) is 55.7 Å². The molecule has 1 atom stereocenters. The van der Waals surface area contributed by atoms with E-state index in [2.05, 4.69) is 9.88 Å². The van der Waals surface area contributed by atoms with Crippen molar-refractivity contribution in [3.8, 4) is 11.1 Å². The monoisotopic (exact) mass is 561 g/mol. The van der Waals surface area contributed by atoms with Gasteiger partial charge in [-0.3, -0.25) is 9.69 Å². The van der Waals surface area contributed by atoms with Crippen LogP contribution in [-0.4, -0.2) is 68.3 Å². The standard InChI is InChI=1S/C31H36FN5O4/c1-31(2,3)41-30(40)35-13-11-34(12-14-35)23-8-6-20(7-9-23)21-15-22-17-37(18-24(22)25(32)16-21)28(29(38)39)27-26-5-4-10-36(26)19-33-27/h6-9,15-16,19,28H,4-5,10-14,17-18H2,1-3H3,(H,38,39). The molecule has 1 N–H and O–H groups in total. The van der Waals surface area contributed by atoms with E-state index in [1.165, 1.54) is 0 Å². The largest absolute Gasteiger partial charge is 0.480 e. The van der Waals surface area contributed by atoms with Gasteiger partial charge < -0.3 is 24.2 Å². The smallest absolute Gasteiger partial charge is 0.410 e. The van der Waals surface area contributed by atoms with Crippen molar-refractivity contribution in [2.24, 2.45) is 0 Å². The van der Waals surface area contributed by atoms with Gasteiger partial charge in [-0.05, 0) is 74.6 Å². The number of carbonyl (C=O) groups is 2. The number of halogens is 1. The Balaban J connectivity index is 1.14. The molecule has 0 radical (unpaired) electrons. The third kappa shape index (κ3) is 5.40. The molecule has 0 spiro atoms. The Bertz CT molecular complexity index is 1470. The SMILES string of the molecule is CC(C)(C)OC(=O)N1CCN(c2ccc(-c3cc(F)c4c(c3)CN(C(C(=O)O)c3ncn5c3CCC5)C4)cc2)CC1. The number of imidazole rings is 1. The fraction of sp³-hybridized carbons (Fsp3) is 0.452. The van der Waals surface area contributed by atoms with Gasteiger partial charge in [-0.25, -0.2) is 14.2 Å². The summed E-state index contributed by atoms with van der Waals surface area (Å²) in [6.45, 7) is 9.61. The number of aromatic nitrogens is 2. The van der Waals surface area contributed by atoms with Crippen molar-refractivity contribution < 1.29 is 23.8 Å². The maximum Gasteiger partial charge on any atom is 0.410 e. The Hall–Kier alpha value is -3.92. The molecule has 0 saturated carbocycles. The molecule has 1 saturated heterocycles. The topological polar surface area (TPSA) is 91.1 Å². The normalized spacial score (nSPS) is 17.9. The molecule has 1 amide bonds. The Morgan fingerprint density at radius 2 is 1.73 bits per heavy atom. The van der Waals surface area contributed by atoms with Gasteiger partial charge in [-0.1, -0.05) is 12.1 Å². The van der Waals surface area contributed by atoms with Crippen LogP contribution in [0.4, 0.5) is 14.9 Å². The Morgan fingerprint density at radius 1 is 1.00 bits per heavy atom. The fourth-order valence-corrected chi connectivity index (χ4v) is 6.16. The lowest BCUT2D eigenvalue weighted by Crippen LogP contribution is -2.50. The van der Waals surface area contributed by atoms with E-state index in [0.29, 0.717) is 44.0 Å². The molecule has 0 aliphatic carbocycles. The lowest BCUT2D eigenvalue weighted by molar-refractivity contribution is -0.144. The summed E-state index contributed by atoms with van der Waals surface area (Å²) in [4.78, 5) is 35.0. The van der Waals surface area contributed by atoms with Crippen LogP contribution in [0.15, 0.2) is 42.7 Å². The molecular weight excluding hydrogens is 525 g/mol. The predicted octanol–water partition coefficient (Wildman–Crippen LogP) is 4.83. The molecule has 6 rings (SSSR count). The predicted molar refractivity (Wildman–Crippen MR) is 152 cm³/mol. The Kier molecular flexibility index (Phi) is 6.97. The van der Waals surface area contributed by atoms with Gasteiger partial charge >= 0.3 is 12.1 Å². The highest BCUT2D eigenvalue weighted by molar-refractivity contribution is 5.76. The second-order valence-electron chi connectivity index (χ2n) is 12.1. The van der Waals surface area contributed by atoms with Gasteiger partial charge in [-0.15, -0.1) is 0 Å². The minimum atomic E-state index is -0.964. The van der Waals surface area contributed by atoms with Crippen LogP contribution in [0.2, 0.25) is 0 Å². The highest BCUT2D eigenvalue weighted by Crippen LogP contribution is 2.37. The van der Waals surface area contributed by atoms with Crippen LogP contribution in [0, 0.1) is 5.82 Å². The molecular formula is C31H36FN5O4. The molecule has 1 fully saturated rings. The summed E-state index contributed by atoms with van der Waals surface area (Å²) in [6.07, 6.45) is 3.23. The lowest BCUT2D eigenvalue weighted by Gasteiger charge is -2.36. The van der Waals surface area contributed by atoms with Gasteiger partial charge in [0.05, 0.1) is 12.0 Å².